The zero-order valence-corrected chi connectivity index (χ0v) is 12.8. The van der Waals surface area contributed by atoms with Gasteiger partial charge >= 0.3 is 11.7 Å². The number of H-pyrrole nitrogens is 1. The lowest BCUT2D eigenvalue weighted by Gasteiger charge is -2.04. The third-order valence-electron chi connectivity index (χ3n) is 3.34. The Labute approximate surface area is 133 Å². The largest absolute Gasteiger partial charge is 0.476 e. The first-order valence-corrected chi connectivity index (χ1v) is 7.48. The van der Waals surface area contributed by atoms with Crippen molar-refractivity contribution in [1.82, 2.24) is 19.9 Å². The van der Waals surface area contributed by atoms with Gasteiger partial charge in [0.2, 0.25) is 0 Å². The molecule has 2 aromatic heterocycles. The molecule has 3 aromatic rings. The van der Waals surface area contributed by atoms with E-state index in [1.54, 1.807) is 25.2 Å². The van der Waals surface area contributed by atoms with Crippen LogP contribution in [0.1, 0.15) is 25.9 Å². The van der Waals surface area contributed by atoms with Crippen LogP contribution in [0.2, 0.25) is 0 Å². The molecule has 0 fully saturated rings. The lowest BCUT2D eigenvalue weighted by Crippen LogP contribution is -2.22. The maximum atomic E-state index is 12.2. The summed E-state index contributed by atoms with van der Waals surface area (Å²) in [6, 6.07) is 4.89. The summed E-state index contributed by atoms with van der Waals surface area (Å²) < 4.78 is 1.42. The molecule has 1 aromatic carbocycles. The summed E-state index contributed by atoms with van der Waals surface area (Å²) in [5.74, 6) is -1.43. The SMILES string of the molecule is Cn1c(=O)[nH]c2ccc(C(=O)NCc3nc(C(=O)O)cs3)cc21. The number of hydrogen-bond donors (Lipinski definition) is 3. The minimum atomic E-state index is -1.10. The second-order valence-electron chi connectivity index (χ2n) is 4.84. The molecule has 23 heavy (non-hydrogen) atoms. The molecule has 8 nitrogen and oxygen atoms in total. The number of imidazole rings is 1. The van der Waals surface area contributed by atoms with E-state index in [2.05, 4.69) is 15.3 Å². The highest BCUT2D eigenvalue weighted by atomic mass is 32.1. The summed E-state index contributed by atoms with van der Waals surface area (Å²) in [4.78, 5) is 41.0. The third kappa shape index (κ3) is 2.86. The average Bonchev–Trinajstić information content (AvgIpc) is 3.11. The Kier molecular flexibility index (Phi) is 3.70. The molecule has 118 valence electrons. The van der Waals surface area contributed by atoms with Gasteiger partial charge in [0.05, 0.1) is 17.6 Å². The van der Waals surface area contributed by atoms with Gasteiger partial charge in [0, 0.05) is 18.0 Å². The van der Waals surface area contributed by atoms with Gasteiger partial charge in [-0.25, -0.2) is 14.6 Å². The highest BCUT2D eigenvalue weighted by molar-refractivity contribution is 7.09. The van der Waals surface area contributed by atoms with Crippen molar-refractivity contribution < 1.29 is 14.7 Å². The number of carboxylic acids is 1. The van der Waals surface area contributed by atoms with E-state index in [9.17, 15) is 14.4 Å². The van der Waals surface area contributed by atoms with Gasteiger partial charge in [0.1, 0.15) is 5.01 Å². The molecule has 3 N–H and O–H groups in total. The van der Waals surface area contributed by atoms with Crippen LogP contribution in [0.3, 0.4) is 0 Å². The van der Waals surface area contributed by atoms with Crippen LogP contribution in [0.25, 0.3) is 11.0 Å². The number of carbonyl (C=O) groups excluding carboxylic acids is 1. The van der Waals surface area contributed by atoms with Gasteiger partial charge in [-0.1, -0.05) is 0 Å². The van der Waals surface area contributed by atoms with E-state index < -0.39 is 5.97 Å². The zero-order valence-electron chi connectivity index (χ0n) is 12.0. The summed E-state index contributed by atoms with van der Waals surface area (Å²) in [6.07, 6.45) is 0. The lowest BCUT2D eigenvalue weighted by molar-refractivity contribution is 0.0691. The number of rotatable bonds is 4. The van der Waals surface area contributed by atoms with E-state index >= 15 is 0 Å². The van der Waals surface area contributed by atoms with Gasteiger partial charge in [-0.2, -0.15) is 0 Å². The van der Waals surface area contributed by atoms with Gasteiger partial charge in [0.15, 0.2) is 5.69 Å². The van der Waals surface area contributed by atoms with Crippen molar-refractivity contribution in [3.05, 3.63) is 50.3 Å². The fourth-order valence-corrected chi connectivity index (χ4v) is 2.82. The van der Waals surface area contributed by atoms with Crippen molar-refractivity contribution in [2.24, 2.45) is 7.05 Å². The van der Waals surface area contributed by atoms with Crippen molar-refractivity contribution in [2.75, 3.05) is 0 Å². The molecule has 0 saturated heterocycles. The third-order valence-corrected chi connectivity index (χ3v) is 4.19. The molecule has 0 aliphatic carbocycles. The molecule has 0 spiro atoms. The van der Waals surface area contributed by atoms with E-state index in [1.807, 2.05) is 0 Å². The van der Waals surface area contributed by atoms with Crippen LogP contribution in [0.4, 0.5) is 0 Å². The predicted octanol–water partition coefficient (Wildman–Crippen LogP) is 0.951. The highest BCUT2D eigenvalue weighted by Crippen LogP contribution is 2.13. The molecule has 0 bridgehead atoms. The zero-order chi connectivity index (χ0) is 16.6. The Morgan fingerprint density at radius 1 is 1.43 bits per heavy atom. The van der Waals surface area contributed by atoms with Crippen LogP contribution >= 0.6 is 11.3 Å². The Balaban J connectivity index is 1.76. The molecule has 0 radical (unpaired) electrons. The smallest absolute Gasteiger partial charge is 0.355 e. The van der Waals surface area contributed by atoms with Crippen molar-refractivity contribution >= 4 is 34.2 Å². The molecule has 3 rings (SSSR count). The first-order valence-electron chi connectivity index (χ1n) is 6.60. The van der Waals surface area contributed by atoms with Crippen LogP contribution < -0.4 is 11.0 Å². The highest BCUT2D eigenvalue weighted by Gasteiger charge is 2.12. The fourth-order valence-electron chi connectivity index (χ4n) is 2.11. The summed E-state index contributed by atoms with van der Waals surface area (Å²) in [6.45, 7) is 0.140. The van der Waals surface area contributed by atoms with Crippen LogP contribution in [0, 0.1) is 0 Å². The summed E-state index contributed by atoms with van der Waals surface area (Å²) in [7, 11) is 1.62. The molecule has 0 atom stereocenters. The van der Waals surface area contributed by atoms with Gasteiger partial charge < -0.3 is 15.4 Å². The van der Waals surface area contributed by atoms with Crippen molar-refractivity contribution in [1.29, 1.82) is 0 Å². The van der Waals surface area contributed by atoms with E-state index in [4.69, 9.17) is 5.11 Å². The quantitative estimate of drug-likeness (QED) is 0.657. The maximum absolute atomic E-state index is 12.2. The minimum Gasteiger partial charge on any atom is -0.476 e. The Hall–Kier alpha value is -2.94. The second-order valence-corrected chi connectivity index (χ2v) is 5.78. The maximum Gasteiger partial charge on any atom is 0.355 e. The number of aromatic nitrogens is 3. The summed E-state index contributed by atoms with van der Waals surface area (Å²) in [5, 5.41) is 13.4. The monoisotopic (exact) mass is 332 g/mol. The number of amides is 1. The van der Waals surface area contributed by atoms with Crippen LogP contribution in [0.15, 0.2) is 28.4 Å². The standard InChI is InChI=1S/C14H12N4O4S/c1-18-10-4-7(2-3-8(10)17-14(18)22)12(19)15-5-11-16-9(6-23-11)13(20)21/h2-4,6H,5H2,1H3,(H,15,19)(H,17,22)(H,20,21). The molecule has 1 amide bonds. The van der Waals surface area contributed by atoms with E-state index in [0.29, 0.717) is 21.6 Å². The van der Waals surface area contributed by atoms with Gasteiger partial charge in [-0.05, 0) is 18.2 Å². The van der Waals surface area contributed by atoms with Crippen LogP contribution in [0.5, 0.6) is 0 Å². The molecule has 9 heteroatoms. The topological polar surface area (TPSA) is 117 Å². The summed E-state index contributed by atoms with van der Waals surface area (Å²) >= 11 is 1.17. The van der Waals surface area contributed by atoms with Crippen molar-refractivity contribution in [3.63, 3.8) is 0 Å². The summed E-state index contributed by atoms with van der Waals surface area (Å²) in [5.41, 5.74) is 1.40. The predicted molar refractivity (Wildman–Crippen MR) is 83.8 cm³/mol. The van der Waals surface area contributed by atoms with Gasteiger partial charge in [-0.15, -0.1) is 11.3 Å². The molecule has 0 aliphatic heterocycles. The number of nitrogens with one attached hydrogen (secondary N) is 2. The minimum absolute atomic E-state index is 0.0389. The number of fused-ring (bicyclic) bond motifs is 1. The Bertz CT molecular complexity index is 969. The van der Waals surface area contributed by atoms with Crippen LogP contribution in [-0.4, -0.2) is 31.5 Å². The molecular formula is C14H12N4O4S. The van der Waals surface area contributed by atoms with Crippen molar-refractivity contribution in [3.8, 4) is 0 Å². The molecule has 0 unspecified atom stereocenters. The van der Waals surface area contributed by atoms with Gasteiger partial charge in [0.25, 0.3) is 5.91 Å². The first kappa shape index (κ1) is 15.0. The number of nitrogens with zero attached hydrogens (tertiary/aromatic N) is 2. The first-order chi connectivity index (χ1) is 11.0. The number of carboxylic acid groups (broad SMARTS) is 1. The normalized spacial score (nSPS) is 10.8. The number of thiazole rings is 1. The number of hydrogen-bond acceptors (Lipinski definition) is 5. The number of aromatic amines is 1. The lowest BCUT2D eigenvalue weighted by atomic mass is 10.2. The number of benzene rings is 1. The Morgan fingerprint density at radius 2 is 2.22 bits per heavy atom. The number of aromatic carboxylic acids is 1. The fraction of sp³-hybridized carbons (Fsp3) is 0.143. The van der Waals surface area contributed by atoms with Crippen molar-refractivity contribution in [2.45, 2.75) is 6.54 Å². The van der Waals surface area contributed by atoms with E-state index in [0.717, 1.165) is 0 Å². The molecule has 0 aliphatic rings. The second kappa shape index (κ2) is 5.69. The van der Waals surface area contributed by atoms with Crippen LogP contribution in [-0.2, 0) is 13.6 Å². The van der Waals surface area contributed by atoms with E-state index in [1.165, 1.54) is 21.3 Å². The average molecular weight is 332 g/mol. The molecule has 0 saturated carbocycles. The molecular weight excluding hydrogens is 320 g/mol. The van der Waals surface area contributed by atoms with Gasteiger partial charge in [-0.3, -0.25) is 9.36 Å². The van der Waals surface area contributed by atoms with E-state index in [-0.39, 0.29) is 23.8 Å². The molecule has 2 heterocycles. The number of carbonyl (C=O) groups is 2. The Morgan fingerprint density at radius 3 is 2.91 bits per heavy atom. The number of aryl methyl sites for hydroxylation is 1.